The number of nitrogens with two attached hydrogens (primary N) is 1. The molecule has 1 aromatic heterocycles. The Morgan fingerprint density at radius 2 is 2.00 bits per heavy atom. The van der Waals surface area contributed by atoms with E-state index in [0.717, 1.165) is 16.9 Å². The molecule has 1 aromatic carbocycles. The van der Waals surface area contributed by atoms with E-state index in [1.54, 1.807) is 25.2 Å². The molecule has 2 N–H and O–H groups in total. The Kier molecular flexibility index (Phi) is 4.39. The van der Waals surface area contributed by atoms with Crippen molar-refractivity contribution < 1.29 is 8.42 Å². The second-order valence-electron chi connectivity index (χ2n) is 4.43. The van der Waals surface area contributed by atoms with Gasteiger partial charge in [-0.3, -0.25) is 0 Å². The van der Waals surface area contributed by atoms with E-state index in [1.165, 1.54) is 10.4 Å². The molecule has 0 aliphatic heterocycles. The molecule has 4 nitrogen and oxygen atoms in total. The molecule has 1 atom stereocenters. The van der Waals surface area contributed by atoms with Gasteiger partial charge in [-0.05, 0) is 36.8 Å². The third-order valence-electron chi connectivity index (χ3n) is 3.12. The highest BCUT2D eigenvalue weighted by atomic mass is 35.5. The van der Waals surface area contributed by atoms with Crippen molar-refractivity contribution in [3.63, 3.8) is 0 Å². The molecular formula is C13H15ClN2O2S2. The number of benzene rings is 1. The molecular weight excluding hydrogens is 316 g/mol. The van der Waals surface area contributed by atoms with Crippen LogP contribution in [0.5, 0.6) is 0 Å². The summed E-state index contributed by atoms with van der Waals surface area (Å²) in [4.78, 5) is 0. The molecule has 0 spiro atoms. The van der Waals surface area contributed by atoms with Crippen molar-refractivity contribution in [1.82, 2.24) is 4.31 Å². The van der Waals surface area contributed by atoms with Gasteiger partial charge in [-0.25, -0.2) is 8.42 Å². The Balaban J connectivity index is 2.33. The Labute approximate surface area is 127 Å². The van der Waals surface area contributed by atoms with Gasteiger partial charge in [-0.1, -0.05) is 23.7 Å². The van der Waals surface area contributed by atoms with Crippen LogP contribution in [0.1, 0.15) is 18.5 Å². The van der Waals surface area contributed by atoms with Gasteiger partial charge in [0, 0.05) is 18.8 Å². The summed E-state index contributed by atoms with van der Waals surface area (Å²) in [5.74, 6) is 0. The van der Waals surface area contributed by atoms with E-state index in [2.05, 4.69) is 0 Å². The number of rotatable bonds is 4. The molecule has 20 heavy (non-hydrogen) atoms. The largest absolute Gasteiger partial charge is 0.399 e. The molecule has 0 aliphatic carbocycles. The summed E-state index contributed by atoms with van der Waals surface area (Å²) in [6.45, 7) is 1.82. The van der Waals surface area contributed by atoms with Crippen LogP contribution in [-0.2, 0) is 10.0 Å². The first kappa shape index (κ1) is 15.3. The first-order chi connectivity index (χ1) is 9.32. The van der Waals surface area contributed by atoms with Gasteiger partial charge >= 0.3 is 0 Å². The summed E-state index contributed by atoms with van der Waals surface area (Å²) in [7, 11) is -2.00. The van der Waals surface area contributed by atoms with Crippen molar-refractivity contribution in [3.8, 4) is 0 Å². The molecule has 2 aromatic rings. The van der Waals surface area contributed by atoms with E-state index < -0.39 is 10.0 Å². The Hall–Kier alpha value is -1.08. The standard InChI is InChI=1S/C13H15ClN2O2S2/c1-9(10-4-3-5-11(15)8-10)16(2)20(17,18)13-7-6-12(14)19-13/h3-9H,15H2,1-2H3. The Bertz CT molecular complexity index is 713. The normalized spacial score (nSPS) is 13.6. The van der Waals surface area contributed by atoms with Crippen LogP contribution >= 0.6 is 22.9 Å². The zero-order valence-corrected chi connectivity index (χ0v) is 13.5. The second kappa shape index (κ2) is 5.73. The molecule has 0 fully saturated rings. The maximum Gasteiger partial charge on any atom is 0.252 e. The van der Waals surface area contributed by atoms with Gasteiger partial charge in [-0.2, -0.15) is 4.31 Å². The van der Waals surface area contributed by atoms with Gasteiger partial charge < -0.3 is 5.73 Å². The van der Waals surface area contributed by atoms with Crippen LogP contribution in [0.2, 0.25) is 4.34 Å². The van der Waals surface area contributed by atoms with Gasteiger partial charge in [0.05, 0.1) is 4.34 Å². The van der Waals surface area contributed by atoms with Crippen LogP contribution in [0, 0.1) is 0 Å². The lowest BCUT2D eigenvalue weighted by Crippen LogP contribution is -2.29. The van der Waals surface area contributed by atoms with Crippen molar-refractivity contribution in [2.75, 3.05) is 12.8 Å². The minimum absolute atomic E-state index is 0.237. The lowest BCUT2D eigenvalue weighted by molar-refractivity contribution is 0.399. The fourth-order valence-corrected chi connectivity index (χ4v) is 4.83. The number of thiophene rings is 1. The molecule has 1 heterocycles. The monoisotopic (exact) mass is 330 g/mol. The molecule has 1 unspecified atom stereocenters. The molecule has 0 aliphatic rings. The number of nitrogen functional groups attached to an aromatic ring is 1. The third-order valence-corrected chi connectivity index (χ3v) is 6.75. The predicted molar refractivity (Wildman–Crippen MR) is 83.5 cm³/mol. The Morgan fingerprint density at radius 3 is 2.55 bits per heavy atom. The van der Waals surface area contributed by atoms with Crippen LogP contribution in [0.25, 0.3) is 0 Å². The van der Waals surface area contributed by atoms with E-state index in [9.17, 15) is 8.42 Å². The fourth-order valence-electron chi connectivity index (χ4n) is 1.82. The molecule has 2 rings (SSSR count). The predicted octanol–water partition coefficient (Wildman–Crippen LogP) is 3.37. The highest BCUT2D eigenvalue weighted by Gasteiger charge is 2.27. The van der Waals surface area contributed by atoms with E-state index in [-0.39, 0.29) is 10.3 Å². The molecule has 0 saturated heterocycles. The summed E-state index contributed by atoms with van der Waals surface area (Å²) in [6, 6.07) is 9.99. The van der Waals surface area contributed by atoms with Gasteiger partial charge in [0.15, 0.2) is 0 Å². The summed E-state index contributed by atoms with van der Waals surface area (Å²) < 4.78 is 27.0. The average molecular weight is 331 g/mol. The van der Waals surface area contributed by atoms with Crippen LogP contribution in [0.3, 0.4) is 0 Å². The summed E-state index contributed by atoms with van der Waals surface area (Å²) in [6.07, 6.45) is 0. The topological polar surface area (TPSA) is 63.4 Å². The molecule has 0 saturated carbocycles. The van der Waals surface area contributed by atoms with Crippen molar-refractivity contribution in [3.05, 3.63) is 46.3 Å². The zero-order valence-electron chi connectivity index (χ0n) is 11.1. The summed E-state index contributed by atoms with van der Waals surface area (Å²) in [5, 5.41) is 0. The number of halogens is 1. The number of sulfonamides is 1. The average Bonchev–Trinajstić information content (AvgIpc) is 2.84. The minimum atomic E-state index is -3.55. The maximum absolute atomic E-state index is 12.5. The fraction of sp³-hybridized carbons (Fsp3) is 0.231. The van der Waals surface area contributed by atoms with Crippen LogP contribution in [0.4, 0.5) is 5.69 Å². The van der Waals surface area contributed by atoms with Crippen LogP contribution in [0.15, 0.2) is 40.6 Å². The number of hydrogen-bond donors (Lipinski definition) is 1. The molecule has 7 heteroatoms. The summed E-state index contributed by atoms with van der Waals surface area (Å²) in [5.41, 5.74) is 7.19. The number of hydrogen-bond acceptors (Lipinski definition) is 4. The van der Waals surface area contributed by atoms with Crippen molar-refractivity contribution >= 4 is 38.6 Å². The quantitative estimate of drug-likeness (QED) is 0.874. The SMILES string of the molecule is CC(c1cccc(N)c1)N(C)S(=O)(=O)c1ccc(Cl)s1. The van der Waals surface area contributed by atoms with Crippen LogP contribution < -0.4 is 5.73 Å². The van der Waals surface area contributed by atoms with Crippen molar-refractivity contribution in [2.45, 2.75) is 17.2 Å². The minimum Gasteiger partial charge on any atom is -0.399 e. The zero-order chi connectivity index (χ0) is 14.9. The Morgan fingerprint density at radius 1 is 1.30 bits per heavy atom. The molecule has 108 valence electrons. The smallest absolute Gasteiger partial charge is 0.252 e. The van der Waals surface area contributed by atoms with Gasteiger partial charge in [0.25, 0.3) is 10.0 Å². The lowest BCUT2D eigenvalue weighted by Gasteiger charge is -2.24. The highest BCUT2D eigenvalue weighted by Crippen LogP contribution is 2.31. The van der Waals surface area contributed by atoms with E-state index >= 15 is 0 Å². The second-order valence-corrected chi connectivity index (χ2v) is 8.37. The van der Waals surface area contributed by atoms with Gasteiger partial charge in [0.2, 0.25) is 0 Å². The number of anilines is 1. The first-order valence-electron chi connectivity index (χ1n) is 5.91. The van der Waals surface area contributed by atoms with Gasteiger partial charge in [0.1, 0.15) is 4.21 Å². The van der Waals surface area contributed by atoms with Crippen LogP contribution in [-0.4, -0.2) is 19.8 Å². The third kappa shape index (κ3) is 2.98. The van der Waals surface area contributed by atoms with Crippen molar-refractivity contribution in [1.29, 1.82) is 0 Å². The van der Waals surface area contributed by atoms with Gasteiger partial charge in [-0.15, -0.1) is 11.3 Å². The molecule has 0 bridgehead atoms. The summed E-state index contributed by atoms with van der Waals surface area (Å²) >= 11 is 6.86. The first-order valence-corrected chi connectivity index (χ1v) is 8.54. The van der Waals surface area contributed by atoms with E-state index in [4.69, 9.17) is 17.3 Å². The lowest BCUT2D eigenvalue weighted by atomic mass is 10.1. The molecule has 0 amide bonds. The van der Waals surface area contributed by atoms with Crippen molar-refractivity contribution in [2.24, 2.45) is 0 Å². The molecule has 0 radical (unpaired) electrons. The van der Waals surface area contributed by atoms with E-state index in [0.29, 0.717) is 10.0 Å². The highest BCUT2D eigenvalue weighted by molar-refractivity contribution is 7.91. The number of nitrogens with zero attached hydrogens (tertiary/aromatic N) is 1. The van der Waals surface area contributed by atoms with E-state index in [1.807, 2.05) is 19.1 Å². The maximum atomic E-state index is 12.5.